The molecular weight excluding hydrogens is 214 g/mol. The fourth-order valence-electron chi connectivity index (χ4n) is 2.60. The minimum Gasteiger partial charge on any atom is -0.337 e. The van der Waals surface area contributed by atoms with Gasteiger partial charge in [0.25, 0.3) is 0 Å². The summed E-state index contributed by atoms with van der Waals surface area (Å²) in [6, 6.07) is 1.05. The molecule has 1 rings (SSSR count). The highest BCUT2D eigenvalue weighted by Crippen LogP contribution is 2.07. The number of amides is 1. The van der Waals surface area contributed by atoms with E-state index in [2.05, 4.69) is 44.8 Å². The van der Waals surface area contributed by atoms with E-state index < -0.39 is 0 Å². The fraction of sp³-hybridized carbons (Fsp3) is 0.923. The van der Waals surface area contributed by atoms with Gasteiger partial charge in [-0.25, -0.2) is 0 Å². The zero-order valence-corrected chi connectivity index (χ0v) is 11.9. The molecule has 17 heavy (non-hydrogen) atoms. The Morgan fingerprint density at radius 1 is 1.35 bits per heavy atom. The summed E-state index contributed by atoms with van der Waals surface area (Å²) < 4.78 is 0. The van der Waals surface area contributed by atoms with Crippen molar-refractivity contribution in [2.24, 2.45) is 0 Å². The Morgan fingerprint density at radius 2 is 1.94 bits per heavy atom. The van der Waals surface area contributed by atoms with E-state index in [0.29, 0.717) is 12.6 Å². The Kier molecular flexibility index (Phi) is 5.40. The molecule has 1 aliphatic heterocycles. The van der Waals surface area contributed by atoms with Crippen molar-refractivity contribution in [1.82, 2.24) is 15.1 Å². The molecule has 0 unspecified atom stereocenters. The van der Waals surface area contributed by atoms with E-state index in [1.165, 1.54) is 0 Å². The summed E-state index contributed by atoms with van der Waals surface area (Å²) in [5.74, 6) is 0.254. The van der Waals surface area contributed by atoms with Crippen molar-refractivity contribution in [3.05, 3.63) is 0 Å². The predicted octanol–water partition coefficient (Wildman–Crippen LogP) is 0.926. The largest absolute Gasteiger partial charge is 0.337 e. The maximum absolute atomic E-state index is 12.3. The molecule has 1 atom stereocenters. The molecule has 4 heteroatoms. The molecule has 0 aromatic rings. The average molecular weight is 241 g/mol. The Bertz CT molecular complexity index is 245. The summed E-state index contributed by atoms with van der Waals surface area (Å²) in [6.45, 7) is 14.0. The van der Waals surface area contributed by atoms with Gasteiger partial charge in [-0.3, -0.25) is 9.69 Å². The summed E-state index contributed by atoms with van der Waals surface area (Å²) in [4.78, 5) is 16.5. The van der Waals surface area contributed by atoms with E-state index in [4.69, 9.17) is 0 Å². The van der Waals surface area contributed by atoms with Crippen LogP contribution >= 0.6 is 0 Å². The maximum Gasteiger partial charge on any atom is 0.237 e. The van der Waals surface area contributed by atoms with E-state index in [9.17, 15) is 4.79 Å². The van der Waals surface area contributed by atoms with Crippen LogP contribution in [0.1, 0.15) is 34.6 Å². The molecule has 1 amide bonds. The van der Waals surface area contributed by atoms with Gasteiger partial charge in [0.2, 0.25) is 5.91 Å². The lowest BCUT2D eigenvalue weighted by molar-refractivity contribution is -0.136. The minimum absolute atomic E-state index is 0.254. The molecule has 0 aromatic carbocycles. The Hall–Kier alpha value is -0.610. The van der Waals surface area contributed by atoms with Crippen LogP contribution < -0.4 is 5.32 Å². The summed E-state index contributed by atoms with van der Waals surface area (Å²) in [6.07, 6.45) is 0. The monoisotopic (exact) mass is 241 g/mol. The van der Waals surface area contributed by atoms with Crippen molar-refractivity contribution >= 4 is 5.91 Å². The van der Waals surface area contributed by atoms with Crippen LogP contribution in [0.25, 0.3) is 0 Å². The third-order valence-electron chi connectivity index (χ3n) is 3.21. The zero-order chi connectivity index (χ0) is 13.0. The quantitative estimate of drug-likeness (QED) is 0.795. The van der Waals surface area contributed by atoms with E-state index in [1.807, 2.05) is 4.90 Å². The first-order valence-electron chi connectivity index (χ1n) is 6.68. The highest BCUT2D eigenvalue weighted by Gasteiger charge is 2.24. The lowest BCUT2D eigenvalue weighted by Crippen LogP contribution is -2.53. The van der Waals surface area contributed by atoms with Crippen LogP contribution in [0.2, 0.25) is 0 Å². The van der Waals surface area contributed by atoms with Crippen LogP contribution in [0.3, 0.4) is 0 Å². The molecular formula is C13H27N3O. The number of carbonyl (C=O) groups is 1. The number of piperazine rings is 1. The van der Waals surface area contributed by atoms with Crippen LogP contribution in [0.15, 0.2) is 0 Å². The van der Waals surface area contributed by atoms with Gasteiger partial charge in [-0.15, -0.1) is 0 Å². The number of carbonyl (C=O) groups excluding carboxylic acids is 1. The first-order chi connectivity index (χ1) is 7.91. The molecule has 1 fully saturated rings. The summed E-state index contributed by atoms with van der Waals surface area (Å²) in [7, 11) is 0. The Morgan fingerprint density at radius 3 is 2.41 bits per heavy atom. The predicted molar refractivity (Wildman–Crippen MR) is 71.0 cm³/mol. The van der Waals surface area contributed by atoms with Crippen molar-refractivity contribution < 1.29 is 4.79 Å². The Balaban J connectivity index is 2.51. The van der Waals surface area contributed by atoms with E-state index in [0.717, 1.165) is 19.6 Å². The smallest absolute Gasteiger partial charge is 0.237 e. The highest BCUT2D eigenvalue weighted by atomic mass is 16.2. The molecule has 1 saturated heterocycles. The first kappa shape index (κ1) is 14.5. The van der Waals surface area contributed by atoms with Gasteiger partial charge in [0.15, 0.2) is 0 Å². The van der Waals surface area contributed by atoms with E-state index >= 15 is 0 Å². The molecule has 0 radical (unpaired) electrons. The second kappa shape index (κ2) is 6.36. The van der Waals surface area contributed by atoms with Crippen molar-refractivity contribution in [2.75, 3.05) is 26.2 Å². The summed E-state index contributed by atoms with van der Waals surface area (Å²) in [5.41, 5.74) is 0. The highest BCUT2D eigenvalue weighted by molar-refractivity contribution is 5.78. The van der Waals surface area contributed by atoms with E-state index in [1.54, 1.807) is 0 Å². The molecule has 0 spiro atoms. The SMILES string of the molecule is CC(C)N(C(=O)CN1CCN[C@H](C)C1)C(C)C. The number of hydrogen-bond acceptors (Lipinski definition) is 3. The number of hydrogen-bond donors (Lipinski definition) is 1. The van der Waals surface area contributed by atoms with Crippen molar-refractivity contribution in [2.45, 2.75) is 52.7 Å². The third-order valence-corrected chi connectivity index (χ3v) is 3.21. The second-order valence-corrected chi connectivity index (χ2v) is 5.58. The van der Waals surface area contributed by atoms with Crippen molar-refractivity contribution in [3.8, 4) is 0 Å². The van der Waals surface area contributed by atoms with Crippen LogP contribution in [-0.2, 0) is 4.79 Å². The van der Waals surface area contributed by atoms with Gasteiger partial charge in [-0.1, -0.05) is 0 Å². The van der Waals surface area contributed by atoms with Crippen LogP contribution in [0.4, 0.5) is 0 Å². The zero-order valence-electron chi connectivity index (χ0n) is 11.9. The van der Waals surface area contributed by atoms with Gasteiger partial charge in [0.1, 0.15) is 0 Å². The first-order valence-corrected chi connectivity index (χ1v) is 6.68. The van der Waals surface area contributed by atoms with E-state index in [-0.39, 0.29) is 18.0 Å². The number of nitrogens with zero attached hydrogens (tertiary/aromatic N) is 2. The van der Waals surface area contributed by atoms with Gasteiger partial charge in [-0.05, 0) is 34.6 Å². The lowest BCUT2D eigenvalue weighted by Gasteiger charge is -2.36. The molecule has 1 aliphatic rings. The normalized spacial score (nSPS) is 22.2. The van der Waals surface area contributed by atoms with Gasteiger partial charge in [0, 0.05) is 37.8 Å². The average Bonchev–Trinajstić information content (AvgIpc) is 2.15. The molecule has 100 valence electrons. The summed E-state index contributed by atoms with van der Waals surface area (Å²) in [5, 5.41) is 3.39. The van der Waals surface area contributed by atoms with Gasteiger partial charge < -0.3 is 10.2 Å². The second-order valence-electron chi connectivity index (χ2n) is 5.58. The summed E-state index contributed by atoms with van der Waals surface area (Å²) >= 11 is 0. The molecule has 0 aliphatic carbocycles. The van der Waals surface area contributed by atoms with Crippen molar-refractivity contribution in [3.63, 3.8) is 0 Å². The standard InChI is InChI=1S/C13H27N3O/c1-10(2)16(11(3)4)13(17)9-15-7-6-14-12(5)8-15/h10-12,14H,6-9H2,1-5H3/t12-/m1/s1. The lowest BCUT2D eigenvalue weighted by atomic mass is 10.2. The topological polar surface area (TPSA) is 35.6 Å². The number of rotatable bonds is 4. The minimum atomic E-state index is 0.254. The Labute approximate surface area is 105 Å². The van der Waals surface area contributed by atoms with Gasteiger partial charge in [0.05, 0.1) is 6.54 Å². The molecule has 0 aromatic heterocycles. The van der Waals surface area contributed by atoms with Gasteiger partial charge in [-0.2, -0.15) is 0 Å². The molecule has 0 saturated carbocycles. The van der Waals surface area contributed by atoms with Gasteiger partial charge >= 0.3 is 0 Å². The third kappa shape index (κ3) is 4.28. The molecule has 1 N–H and O–H groups in total. The fourth-order valence-corrected chi connectivity index (χ4v) is 2.60. The number of nitrogens with one attached hydrogen (secondary N) is 1. The maximum atomic E-state index is 12.3. The molecule has 0 bridgehead atoms. The van der Waals surface area contributed by atoms with Crippen LogP contribution in [-0.4, -0.2) is 60.0 Å². The molecule has 4 nitrogen and oxygen atoms in total. The molecule has 1 heterocycles. The van der Waals surface area contributed by atoms with Crippen molar-refractivity contribution in [1.29, 1.82) is 0 Å². The van der Waals surface area contributed by atoms with Crippen LogP contribution in [0, 0.1) is 0 Å². The van der Waals surface area contributed by atoms with Crippen LogP contribution in [0.5, 0.6) is 0 Å².